The van der Waals surface area contributed by atoms with Crippen LogP contribution >= 0.6 is 11.6 Å². The van der Waals surface area contributed by atoms with E-state index in [9.17, 15) is 0 Å². The minimum atomic E-state index is 0.338. The largest absolute Gasteiger partial charge is 0.118 e. The van der Waals surface area contributed by atoms with Gasteiger partial charge in [-0.15, -0.1) is 11.6 Å². The molecule has 0 saturated heterocycles. The number of hydrogen-bond acceptors (Lipinski definition) is 0. The van der Waals surface area contributed by atoms with Crippen LogP contribution in [0.25, 0.3) is 0 Å². The number of rotatable bonds is 0. The molecule has 0 aliphatic heterocycles. The third-order valence-corrected chi connectivity index (χ3v) is 1.32. The van der Waals surface area contributed by atoms with Crippen molar-refractivity contribution in [3.63, 3.8) is 0 Å². The van der Waals surface area contributed by atoms with Gasteiger partial charge in [0.15, 0.2) is 0 Å². The Labute approximate surface area is 42.8 Å². The Balaban J connectivity index is 2.38. The fourth-order valence-corrected chi connectivity index (χ4v) is 0.824. The van der Waals surface area contributed by atoms with Crippen molar-refractivity contribution in [3.05, 3.63) is 12.2 Å². The molecule has 1 heteroatoms. The average Bonchev–Trinajstić information content (AvgIpc) is 1.86. The van der Waals surface area contributed by atoms with Crippen LogP contribution in [0.1, 0.15) is 12.8 Å². The van der Waals surface area contributed by atoms with Gasteiger partial charge in [-0.05, 0) is 12.8 Å². The van der Waals surface area contributed by atoms with Gasteiger partial charge in [-0.2, -0.15) is 0 Å². The van der Waals surface area contributed by atoms with E-state index in [1.54, 1.807) is 0 Å². The summed E-state index contributed by atoms with van der Waals surface area (Å²) in [6.07, 6.45) is 6.48. The van der Waals surface area contributed by atoms with Gasteiger partial charge in [0.05, 0.1) is 5.38 Å². The Kier molecular flexibility index (Phi) is 1.16. The molecule has 6 heavy (non-hydrogen) atoms. The van der Waals surface area contributed by atoms with Crippen molar-refractivity contribution in [2.24, 2.45) is 0 Å². The molecule has 0 N–H and O–H groups in total. The van der Waals surface area contributed by atoms with Gasteiger partial charge in [0.2, 0.25) is 0 Å². The second-order valence-electron chi connectivity index (χ2n) is 1.52. The summed E-state index contributed by atoms with van der Waals surface area (Å²) in [7, 11) is 0. The predicted molar refractivity (Wildman–Crippen MR) is 28.0 cm³/mol. The maximum Gasteiger partial charge on any atom is 0.0518 e. The Bertz CT molecular complexity index is 66.3. The van der Waals surface area contributed by atoms with Crippen LogP contribution in [-0.2, 0) is 0 Å². The molecule has 0 fully saturated rings. The summed E-state index contributed by atoms with van der Waals surface area (Å²) in [4.78, 5) is 0. The van der Waals surface area contributed by atoms with Gasteiger partial charge in [0.25, 0.3) is 0 Å². The average molecular weight is 103 g/mol. The van der Waals surface area contributed by atoms with Crippen LogP contribution in [0.3, 0.4) is 0 Å². The van der Waals surface area contributed by atoms with E-state index in [0.29, 0.717) is 5.38 Å². The molecular weight excluding hydrogens is 95.5 g/mol. The van der Waals surface area contributed by atoms with Crippen LogP contribution < -0.4 is 0 Å². The predicted octanol–water partition coefficient (Wildman–Crippen LogP) is 1.94. The van der Waals surface area contributed by atoms with Gasteiger partial charge in [-0.25, -0.2) is 0 Å². The van der Waals surface area contributed by atoms with E-state index in [-0.39, 0.29) is 0 Å². The van der Waals surface area contributed by atoms with E-state index in [1.165, 1.54) is 6.42 Å². The summed E-state index contributed by atoms with van der Waals surface area (Å²) in [5.41, 5.74) is 0. The molecule has 0 amide bonds. The molecule has 0 unspecified atom stereocenters. The first kappa shape index (κ1) is 4.20. The van der Waals surface area contributed by atoms with Crippen molar-refractivity contribution in [2.75, 3.05) is 0 Å². The minimum absolute atomic E-state index is 0.338. The number of hydrogen-bond donors (Lipinski definition) is 0. The van der Waals surface area contributed by atoms with Gasteiger partial charge in [-0.1, -0.05) is 12.2 Å². The van der Waals surface area contributed by atoms with Crippen LogP contribution in [0.5, 0.6) is 0 Å². The first-order valence-corrected chi connectivity index (χ1v) is 2.64. The Morgan fingerprint density at radius 3 is 2.67 bits per heavy atom. The van der Waals surface area contributed by atoms with Crippen molar-refractivity contribution < 1.29 is 0 Å². The summed E-state index contributed by atoms with van der Waals surface area (Å²) in [5.74, 6) is 0. The van der Waals surface area contributed by atoms with Crippen molar-refractivity contribution >= 4 is 11.6 Å². The summed E-state index contributed by atoms with van der Waals surface area (Å²) >= 11 is 5.63. The quantitative estimate of drug-likeness (QED) is 0.324. The van der Waals surface area contributed by atoms with Crippen molar-refractivity contribution in [1.29, 1.82) is 0 Å². The van der Waals surface area contributed by atoms with E-state index in [0.717, 1.165) is 6.42 Å². The summed E-state index contributed by atoms with van der Waals surface area (Å²) in [5, 5.41) is 0.338. The summed E-state index contributed by atoms with van der Waals surface area (Å²) in [6.45, 7) is 0. The number of alkyl halides is 1. The fraction of sp³-hybridized carbons (Fsp3) is 0.600. The summed E-state index contributed by atoms with van der Waals surface area (Å²) < 4.78 is 0. The molecule has 0 radical (unpaired) electrons. The topological polar surface area (TPSA) is 0 Å². The smallest absolute Gasteiger partial charge is 0.0518 e. The van der Waals surface area contributed by atoms with E-state index in [1.807, 2.05) is 6.08 Å². The third kappa shape index (κ3) is 0.749. The zero-order valence-corrected chi connectivity index (χ0v) is 4.28. The maximum atomic E-state index is 5.63. The van der Waals surface area contributed by atoms with Crippen LogP contribution in [0.2, 0.25) is 0 Å². The van der Waals surface area contributed by atoms with Crippen LogP contribution in [0, 0.1) is 0 Å². The number of allylic oxidation sites excluding steroid dienone is 2. The van der Waals surface area contributed by atoms with E-state index < -0.39 is 0 Å². The lowest BCUT2D eigenvalue weighted by Crippen LogP contribution is -1.81. The SMILES string of the molecule is Cl[C@H]1C=CCC1. The molecule has 0 saturated carbocycles. The second-order valence-corrected chi connectivity index (χ2v) is 2.08. The van der Waals surface area contributed by atoms with E-state index in [4.69, 9.17) is 11.6 Å². The molecular formula is C5H7Cl. The molecule has 0 spiro atoms. The molecule has 0 aromatic carbocycles. The highest BCUT2D eigenvalue weighted by molar-refractivity contribution is 6.21. The lowest BCUT2D eigenvalue weighted by atomic mass is 10.4. The molecule has 0 nitrogen and oxygen atoms in total. The third-order valence-electron chi connectivity index (χ3n) is 0.954. The second kappa shape index (κ2) is 1.65. The van der Waals surface area contributed by atoms with Gasteiger partial charge in [0, 0.05) is 0 Å². The van der Waals surface area contributed by atoms with Gasteiger partial charge >= 0.3 is 0 Å². The van der Waals surface area contributed by atoms with Gasteiger partial charge < -0.3 is 0 Å². The molecule has 1 atom stereocenters. The zero-order valence-electron chi connectivity index (χ0n) is 3.52. The van der Waals surface area contributed by atoms with Crippen LogP contribution in [-0.4, -0.2) is 5.38 Å². The first-order valence-electron chi connectivity index (χ1n) is 2.20. The standard InChI is InChI=1S/C5H7Cl/c6-5-3-1-2-4-5/h1,3,5H,2,4H2/t5-/m0/s1. The highest BCUT2D eigenvalue weighted by atomic mass is 35.5. The van der Waals surface area contributed by atoms with Gasteiger partial charge in [-0.3, -0.25) is 0 Å². The fourth-order valence-electron chi connectivity index (χ4n) is 0.596. The number of halogens is 1. The normalized spacial score (nSPS) is 31.8. The van der Waals surface area contributed by atoms with Crippen LogP contribution in [0.4, 0.5) is 0 Å². The highest BCUT2D eigenvalue weighted by Gasteiger charge is 2.01. The zero-order chi connectivity index (χ0) is 4.41. The Morgan fingerprint density at radius 1 is 1.67 bits per heavy atom. The lowest BCUT2D eigenvalue weighted by molar-refractivity contribution is 0.936. The maximum absolute atomic E-state index is 5.63. The Hall–Kier alpha value is 0.0300. The lowest BCUT2D eigenvalue weighted by Gasteiger charge is -1.86. The summed E-state index contributed by atoms with van der Waals surface area (Å²) in [6, 6.07) is 0. The molecule has 1 aliphatic rings. The Morgan fingerprint density at radius 2 is 2.50 bits per heavy atom. The molecule has 1 aliphatic carbocycles. The molecule has 0 heterocycles. The highest BCUT2D eigenvalue weighted by Crippen LogP contribution is 2.13. The molecule has 0 aromatic rings. The van der Waals surface area contributed by atoms with Crippen molar-refractivity contribution in [3.8, 4) is 0 Å². The molecule has 0 aromatic heterocycles. The van der Waals surface area contributed by atoms with Gasteiger partial charge in [0.1, 0.15) is 0 Å². The molecule has 0 bridgehead atoms. The van der Waals surface area contributed by atoms with Crippen molar-refractivity contribution in [1.82, 2.24) is 0 Å². The van der Waals surface area contributed by atoms with Crippen molar-refractivity contribution in [2.45, 2.75) is 18.2 Å². The minimum Gasteiger partial charge on any atom is -0.118 e. The van der Waals surface area contributed by atoms with E-state index >= 15 is 0 Å². The molecule has 1 rings (SSSR count). The van der Waals surface area contributed by atoms with Crippen LogP contribution in [0.15, 0.2) is 12.2 Å². The first-order chi connectivity index (χ1) is 2.89. The molecule has 34 valence electrons. The monoisotopic (exact) mass is 102 g/mol. The van der Waals surface area contributed by atoms with E-state index in [2.05, 4.69) is 6.08 Å².